The van der Waals surface area contributed by atoms with Crippen LogP contribution < -0.4 is 5.32 Å². The highest BCUT2D eigenvalue weighted by Crippen LogP contribution is 2.22. The number of rotatable bonds is 2. The predicted octanol–water partition coefficient (Wildman–Crippen LogP) is 2.24. The SMILES string of the molecule is CNc1ccsc1C(=O)N=[N+]=[N-]. The Morgan fingerprint density at radius 1 is 1.83 bits per heavy atom. The second-order valence-electron chi connectivity index (χ2n) is 1.91. The molecule has 0 spiro atoms. The molecule has 0 aliphatic carbocycles. The molecule has 12 heavy (non-hydrogen) atoms. The van der Waals surface area contributed by atoms with E-state index in [1.54, 1.807) is 18.5 Å². The van der Waals surface area contributed by atoms with Crippen LogP contribution in [0.15, 0.2) is 16.6 Å². The normalized spacial score (nSPS) is 8.75. The molecule has 0 radical (unpaired) electrons. The molecule has 0 fully saturated rings. The number of hydrogen-bond acceptors (Lipinski definition) is 3. The van der Waals surface area contributed by atoms with Crippen LogP contribution in [0.25, 0.3) is 10.4 Å². The largest absolute Gasteiger partial charge is 0.387 e. The van der Waals surface area contributed by atoms with Crippen LogP contribution in [0.2, 0.25) is 0 Å². The molecule has 5 nitrogen and oxygen atoms in total. The second kappa shape index (κ2) is 3.75. The van der Waals surface area contributed by atoms with Crippen LogP contribution in [0.1, 0.15) is 9.67 Å². The Morgan fingerprint density at radius 3 is 3.17 bits per heavy atom. The average molecular weight is 182 g/mol. The summed E-state index contributed by atoms with van der Waals surface area (Å²) < 4.78 is 0. The van der Waals surface area contributed by atoms with Crippen molar-refractivity contribution in [1.29, 1.82) is 0 Å². The fraction of sp³-hybridized carbons (Fsp3) is 0.167. The van der Waals surface area contributed by atoms with Gasteiger partial charge in [-0.1, -0.05) is 0 Å². The van der Waals surface area contributed by atoms with E-state index >= 15 is 0 Å². The summed E-state index contributed by atoms with van der Waals surface area (Å²) in [5.74, 6) is -0.545. The van der Waals surface area contributed by atoms with Crippen LogP contribution >= 0.6 is 11.3 Å². The van der Waals surface area contributed by atoms with E-state index in [4.69, 9.17) is 5.53 Å². The van der Waals surface area contributed by atoms with Gasteiger partial charge in [0.1, 0.15) is 4.88 Å². The van der Waals surface area contributed by atoms with Gasteiger partial charge in [-0.15, -0.1) is 11.3 Å². The predicted molar refractivity (Wildman–Crippen MR) is 47.3 cm³/mol. The van der Waals surface area contributed by atoms with Gasteiger partial charge in [0.25, 0.3) is 5.91 Å². The summed E-state index contributed by atoms with van der Waals surface area (Å²) in [5.41, 5.74) is 8.71. The highest BCUT2D eigenvalue weighted by Gasteiger charge is 2.09. The van der Waals surface area contributed by atoms with Gasteiger partial charge in [0.2, 0.25) is 0 Å². The van der Waals surface area contributed by atoms with Crippen molar-refractivity contribution in [1.82, 2.24) is 0 Å². The molecule has 1 heterocycles. The van der Waals surface area contributed by atoms with E-state index in [1.165, 1.54) is 11.3 Å². The van der Waals surface area contributed by atoms with Gasteiger partial charge in [-0.05, 0) is 22.1 Å². The fourth-order valence-electron chi connectivity index (χ4n) is 0.758. The number of amides is 1. The first-order chi connectivity index (χ1) is 5.79. The van der Waals surface area contributed by atoms with Crippen molar-refractivity contribution in [3.63, 3.8) is 0 Å². The Balaban J connectivity index is 3.01. The molecule has 0 atom stereocenters. The van der Waals surface area contributed by atoms with Crippen molar-refractivity contribution >= 4 is 22.9 Å². The van der Waals surface area contributed by atoms with Crippen LogP contribution in [0.3, 0.4) is 0 Å². The van der Waals surface area contributed by atoms with E-state index < -0.39 is 5.91 Å². The molecule has 1 rings (SSSR count). The van der Waals surface area contributed by atoms with Crippen LogP contribution in [-0.4, -0.2) is 13.0 Å². The molecule has 0 aromatic carbocycles. The minimum atomic E-state index is -0.545. The third-order valence-corrected chi connectivity index (χ3v) is 2.17. The molecule has 0 unspecified atom stereocenters. The third kappa shape index (κ3) is 1.55. The maximum atomic E-state index is 11.0. The van der Waals surface area contributed by atoms with Crippen LogP contribution in [-0.2, 0) is 0 Å². The van der Waals surface area contributed by atoms with Gasteiger partial charge in [-0.25, -0.2) is 0 Å². The van der Waals surface area contributed by atoms with E-state index in [1.807, 2.05) is 0 Å². The van der Waals surface area contributed by atoms with E-state index in [-0.39, 0.29) is 0 Å². The summed E-state index contributed by atoms with van der Waals surface area (Å²) in [5, 5.41) is 7.56. The van der Waals surface area contributed by atoms with Gasteiger partial charge < -0.3 is 5.32 Å². The fourth-order valence-corrected chi connectivity index (χ4v) is 1.54. The van der Waals surface area contributed by atoms with Gasteiger partial charge in [0.05, 0.1) is 5.69 Å². The van der Waals surface area contributed by atoms with E-state index in [0.29, 0.717) is 10.6 Å². The Bertz CT molecular complexity index is 339. The summed E-state index contributed by atoms with van der Waals surface area (Å²) in [6.07, 6.45) is 0. The van der Waals surface area contributed by atoms with Gasteiger partial charge in [-0.2, -0.15) is 0 Å². The Kier molecular flexibility index (Phi) is 2.68. The zero-order valence-electron chi connectivity index (χ0n) is 6.31. The zero-order valence-corrected chi connectivity index (χ0v) is 7.13. The lowest BCUT2D eigenvalue weighted by molar-refractivity contribution is 0.100. The molecule has 6 heteroatoms. The molecule has 0 saturated heterocycles. The van der Waals surface area contributed by atoms with Crippen molar-refractivity contribution in [3.8, 4) is 0 Å². The van der Waals surface area contributed by atoms with Crippen molar-refractivity contribution in [2.45, 2.75) is 0 Å². The number of anilines is 1. The van der Waals surface area contributed by atoms with Crippen molar-refractivity contribution in [2.75, 3.05) is 12.4 Å². The number of nitrogens with one attached hydrogen (secondary N) is 1. The minimum Gasteiger partial charge on any atom is -0.387 e. The van der Waals surface area contributed by atoms with Crippen molar-refractivity contribution < 1.29 is 4.79 Å². The number of hydrogen-bond donors (Lipinski definition) is 1. The maximum absolute atomic E-state index is 11.0. The van der Waals surface area contributed by atoms with Gasteiger partial charge in [-0.3, -0.25) is 4.79 Å². The lowest BCUT2D eigenvalue weighted by Gasteiger charge is -1.95. The lowest BCUT2D eigenvalue weighted by atomic mass is 10.4. The smallest absolute Gasteiger partial charge is 0.261 e. The summed E-state index contributed by atoms with van der Waals surface area (Å²) >= 11 is 1.25. The standard InChI is InChI=1S/C6H6N4OS/c1-8-4-2-3-12-5(4)6(11)9-10-7/h2-3,8H,1H3. The lowest BCUT2D eigenvalue weighted by Crippen LogP contribution is -1.95. The topological polar surface area (TPSA) is 77.9 Å². The number of carbonyl (C=O) groups excluding carboxylic acids is 1. The van der Waals surface area contributed by atoms with Crippen LogP contribution in [0.4, 0.5) is 5.69 Å². The Labute approximate surface area is 72.6 Å². The molecule has 0 bridgehead atoms. The average Bonchev–Trinajstić information content (AvgIpc) is 2.51. The molecule has 0 aliphatic heterocycles. The number of carbonyl (C=O) groups is 1. The monoisotopic (exact) mass is 182 g/mol. The Morgan fingerprint density at radius 2 is 2.58 bits per heavy atom. The molecule has 1 N–H and O–H groups in total. The van der Waals surface area contributed by atoms with Crippen LogP contribution in [0, 0.1) is 0 Å². The maximum Gasteiger partial charge on any atom is 0.261 e. The quantitative estimate of drug-likeness (QED) is 0.432. The summed E-state index contributed by atoms with van der Waals surface area (Å²) in [6.45, 7) is 0. The molecular weight excluding hydrogens is 176 g/mol. The van der Waals surface area contributed by atoms with E-state index in [0.717, 1.165) is 0 Å². The van der Waals surface area contributed by atoms with Crippen molar-refractivity contribution in [2.24, 2.45) is 5.11 Å². The summed E-state index contributed by atoms with van der Waals surface area (Å²) in [6, 6.07) is 1.75. The first-order valence-electron chi connectivity index (χ1n) is 3.14. The number of nitrogens with zero attached hydrogens (tertiary/aromatic N) is 3. The zero-order chi connectivity index (χ0) is 8.97. The highest BCUT2D eigenvalue weighted by atomic mass is 32.1. The van der Waals surface area contributed by atoms with Crippen molar-refractivity contribution in [3.05, 3.63) is 26.8 Å². The molecule has 0 aliphatic rings. The summed E-state index contributed by atoms with van der Waals surface area (Å²) in [7, 11) is 1.70. The molecule has 0 saturated carbocycles. The second-order valence-corrected chi connectivity index (χ2v) is 2.82. The minimum absolute atomic E-state index is 0.440. The van der Waals surface area contributed by atoms with Gasteiger partial charge >= 0.3 is 0 Å². The number of thiophene rings is 1. The van der Waals surface area contributed by atoms with E-state index in [2.05, 4.69) is 15.3 Å². The van der Waals surface area contributed by atoms with E-state index in [9.17, 15) is 4.79 Å². The third-order valence-electron chi connectivity index (χ3n) is 1.26. The molecule has 1 aromatic heterocycles. The summed E-state index contributed by atoms with van der Waals surface area (Å²) in [4.78, 5) is 13.9. The molecule has 1 amide bonds. The Hall–Kier alpha value is -1.52. The highest BCUT2D eigenvalue weighted by molar-refractivity contribution is 7.12. The first-order valence-corrected chi connectivity index (χ1v) is 4.02. The number of azide groups is 1. The van der Waals surface area contributed by atoms with Gasteiger partial charge in [0.15, 0.2) is 0 Å². The first kappa shape index (κ1) is 8.58. The molecular formula is C6H6N4OS. The molecule has 1 aromatic rings. The molecule has 62 valence electrons. The van der Waals surface area contributed by atoms with Crippen LogP contribution in [0.5, 0.6) is 0 Å². The van der Waals surface area contributed by atoms with Gasteiger partial charge in [0, 0.05) is 12.0 Å².